The molecule has 0 bridgehead atoms. The number of benzene rings is 1. The number of hydrogen-bond acceptors (Lipinski definition) is 4. The van der Waals surface area contributed by atoms with Gasteiger partial charge in [0, 0.05) is 32.1 Å². The van der Waals surface area contributed by atoms with E-state index < -0.39 is 0 Å². The Morgan fingerprint density at radius 1 is 1.23 bits per heavy atom. The molecule has 1 aliphatic rings. The molecule has 0 spiro atoms. The molecule has 0 aromatic heterocycles. The fraction of sp³-hybridized carbons (Fsp3) is 0.588. The summed E-state index contributed by atoms with van der Waals surface area (Å²) in [7, 11) is 3.32. The van der Waals surface area contributed by atoms with Crippen LogP contribution >= 0.6 is 0 Å². The van der Waals surface area contributed by atoms with Crippen LogP contribution in [0, 0.1) is 0 Å². The number of carbonyl (C=O) groups is 1. The summed E-state index contributed by atoms with van der Waals surface area (Å²) in [5.41, 5.74) is 1.19. The highest BCUT2D eigenvalue weighted by Gasteiger charge is 2.28. The van der Waals surface area contributed by atoms with E-state index in [1.165, 1.54) is 5.56 Å². The van der Waals surface area contributed by atoms with Gasteiger partial charge in [0.05, 0.1) is 13.7 Å². The van der Waals surface area contributed by atoms with Gasteiger partial charge < -0.3 is 19.5 Å². The van der Waals surface area contributed by atoms with Gasteiger partial charge in [-0.1, -0.05) is 12.5 Å². The summed E-state index contributed by atoms with van der Waals surface area (Å²) in [6.07, 6.45) is 4.88. The van der Waals surface area contributed by atoms with Crippen LogP contribution in [0.5, 0.6) is 11.5 Å². The van der Waals surface area contributed by atoms with Gasteiger partial charge in [0.25, 0.3) is 0 Å². The van der Waals surface area contributed by atoms with Crippen molar-refractivity contribution in [2.45, 2.75) is 37.6 Å². The second-order valence-electron chi connectivity index (χ2n) is 5.53. The average Bonchev–Trinajstić information content (AvgIpc) is 3.00. The predicted octanol–water partition coefficient (Wildman–Crippen LogP) is 2.49. The summed E-state index contributed by atoms with van der Waals surface area (Å²) >= 11 is 0. The first-order chi connectivity index (χ1) is 10.8. The van der Waals surface area contributed by atoms with Gasteiger partial charge in [0.1, 0.15) is 0 Å². The molecule has 5 heteroatoms. The van der Waals surface area contributed by atoms with E-state index in [1.54, 1.807) is 14.2 Å². The van der Waals surface area contributed by atoms with Crippen LogP contribution in [0.25, 0.3) is 0 Å². The van der Waals surface area contributed by atoms with Crippen LogP contribution in [0.3, 0.4) is 0 Å². The van der Waals surface area contributed by atoms with Gasteiger partial charge in [0.15, 0.2) is 11.5 Å². The Morgan fingerprint density at radius 3 is 2.82 bits per heavy atom. The summed E-state index contributed by atoms with van der Waals surface area (Å²) < 4.78 is 16.2. The van der Waals surface area contributed by atoms with E-state index in [4.69, 9.17) is 14.2 Å². The van der Waals surface area contributed by atoms with Crippen molar-refractivity contribution in [3.63, 3.8) is 0 Å². The molecule has 1 N–H and O–H groups in total. The average molecular weight is 307 g/mol. The van der Waals surface area contributed by atoms with Gasteiger partial charge in [-0.05, 0) is 30.5 Å². The van der Waals surface area contributed by atoms with Crippen molar-refractivity contribution in [3.05, 3.63) is 23.8 Å². The van der Waals surface area contributed by atoms with Crippen molar-refractivity contribution >= 4 is 6.41 Å². The first-order valence-electron chi connectivity index (χ1n) is 7.79. The van der Waals surface area contributed by atoms with Gasteiger partial charge in [-0.25, -0.2) is 0 Å². The molecule has 0 heterocycles. The van der Waals surface area contributed by atoms with Crippen LogP contribution in [0.2, 0.25) is 0 Å². The highest BCUT2D eigenvalue weighted by Crippen LogP contribution is 2.38. The summed E-state index contributed by atoms with van der Waals surface area (Å²) in [6.45, 7) is 1.27. The predicted molar refractivity (Wildman–Crippen MR) is 84.6 cm³/mol. The lowest BCUT2D eigenvalue weighted by molar-refractivity contribution is -0.110. The molecule has 0 saturated heterocycles. The molecule has 1 amide bonds. The molecule has 122 valence electrons. The van der Waals surface area contributed by atoms with Gasteiger partial charge >= 0.3 is 0 Å². The Kier molecular flexibility index (Phi) is 6.52. The highest BCUT2D eigenvalue weighted by molar-refractivity contribution is 5.49. The van der Waals surface area contributed by atoms with E-state index in [0.717, 1.165) is 43.6 Å². The second-order valence-corrected chi connectivity index (χ2v) is 5.53. The summed E-state index contributed by atoms with van der Waals surface area (Å²) in [5.74, 6) is 1.84. The van der Waals surface area contributed by atoms with Gasteiger partial charge in [-0.15, -0.1) is 0 Å². The Morgan fingerprint density at radius 2 is 2.09 bits per heavy atom. The first kappa shape index (κ1) is 16.6. The molecule has 5 nitrogen and oxygen atoms in total. The van der Waals surface area contributed by atoms with Crippen LogP contribution in [0.1, 0.15) is 37.2 Å². The van der Waals surface area contributed by atoms with Crippen LogP contribution in [-0.4, -0.2) is 39.9 Å². The molecule has 1 fully saturated rings. The van der Waals surface area contributed by atoms with Crippen molar-refractivity contribution in [1.29, 1.82) is 0 Å². The van der Waals surface area contributed by atoms with E-state index in [9.17, 15) is 4.79 Å². The molecule has 0 aliphatic heterocycles. The zero-order chi connectivity index (χ0) is 15.8. The number of amides is 1. The molecule has 2 rings (SSSR count). The quantitative estimate of drug-likeness (QED) is 0.562. The van der Waals surface area contributed by atoms with Gasteiger partial charge in [-0.3, -0.25) is 4.79 Å². The maximum atomic E-state index is 10.7. The standard InChI is InChI=1S/C17H25NO4/c1-20-9-4-10-22-17-11-13(7-8-16(17)21-2)14-5-3-6-15(14)18-12-19/h7-8,11-12,14-15H,3-6,9-10H2,1-2H3,(H,18,19). The van der Waals surface area contributed by atoms with Crippen LogP contribution in [0.15, 0.2) is 18.2 Å². The topological polar surface area (TPSA) is 56.8 Å². The molecule has 2 atom stereocenters. The molecular formula is C17H25NO4. The Labute approximate surface area is 131 Å². The van der Waals surface area contributed by atoms with Crippen molar-refractivity contribution in [2.75, 3.05) is 27.4 Å². The van der Waals surface area contributed by atoms with Crippen LogP contribution in [0.4, 0.5) is 0 Å². The SMILES string of the molecule is COCCCOc1cc(C2CCCC2NC=O)ccc1OC. The molecule has 2 unspecified atom stereocenters. The normalized spacial score (nSPS) is 20.6. The minimum atomic E-state index is 0.215. The molecule has 0 radical (unpaired) electrons. The zero-order valence-electron chi connectivity index (χ0n) is 13.3. The van der Waals surface area contributed by atoms with Crippen molar-refractivity contribution in [2.24, 2.45) is 0 Å². The Hall–Kier alpha value is -1.75. The largest absolute Gasteiger partial charge is 0.493 e. The number of rotatable bonds is 9. The molecule has 22 heavy (non-hydrogen) atoms. The van der Waals surface area contributed by atoms with Crippen molar-refractivity contribution < 1.29 is 19.0 Å². The third kappa shape index (κ3) is 4.13. The van der Waals surface area contributed by atoms with Crippen molar-refractivity contribution in [3.8, 4) is 11.5 Å². The summed E-state index contributed by atoms with van der Waals surface area (Å²) in [6, 6.07) is 6.27. The maximum Gasteiger partial charge on any atom is 0.207 e. The fourth-order valence-corrected chi connectivity index (χ4v) is 3.07. The maximum absolute atomic E-state index is 10.7. The number of nitrogens with one attached hydrogen (secondary N) is 1. The number of hydrogen-bond donors (Lipinski definition) is 1. The minimum Gasteiger partial charge on any atom is -0.493 e. The molecule has 1 aromatic rings. The molecule has 1 aliphatic carbocycles. The van der Waals surface area contributed by atoms with E-state index in [1.807, 2.05) is 12.1 Å². The number of carbonyl (C=O) groups excluding carboxylic acids is 1. The Balaban J connectivity index is 2.10. The van der Waals surface area contributed by atoms with Crippen molar-refractivity contribution in [1.82, 2.24) is 5.32 Å². The highest BCUT2D eigenvalue weighted by atomic mass is 16.5. The van der Waals surface area contributed by atoms with Gasteiger partial charge in [0.2, 0.25) is 6.41 Å². The third-order valence-electron chi connectivity index (χ3n) is 4.16. The monoisotopic (exact) mass is 307 g/mol. The molecule has 1 saturated carbocycles. The van der Waals surface area contributed by atoms with E-state index in [0.29, 0.717) is 19.1 Å². The number of methoxy groups -OCH3 is 2. The molecular weight excluding hydrogens is 282 g/mol. The third-order valence-corrected chi connectivity index (χ3v) is 4.16. The minimum absolute atomic E-state index is 0.215. The summed E-state index contributed by atoms with van der Waals surface area (Å²) in [4.78, 5) is 10.7. The molecule has 1 aromatic carbocycles. The number of ether oxygens (including phenoxy) is 3. The van der Waals surface area contributed by atoms with E-state index >= 15 is 0 Å². The lowest BCUT2D eigenvalue weighted by Crippen LogP contribution is -2.29. The van der Waals surface area contributed by atoms with Gasteiger partial charge in [-0.2, -0.15) is 0 Å². The fourth-order valence-electron chi connectivity index (χ4n) is 3.07. The second kappa shape index (κ2) is 8.63. The Bertz CT molecular complexity index is 478. The lowest BCUT2D eigenvalue weighted by atomic mass is 9.94. The zero-order valence-corrected chi connectivity index (χ0v) is 13.3. The lowest BCUT2D eigenvalue weighted by Gasteiger charge is -2.21. The van der Waals surface area contributed by atoms with E-state index in [2.05, 4.69) is 11.4 Å². The van der Waals surface area contributed by atoms with Crippen LogP contribution < -0.4 is 14.8 Å². The summed E-state index contributed by atoms with van der Waals surface area (Å²) in [5, 5.41) is 2.93. The van der Waals surface area contributed by atoms with E-state index in [-0.39, 0.29) is 6.04 Å². The van der Waals surface area contributed by atoms with Crippen LogP contribution in [-0.2, 0) is 9.53 Å². The smallest absolute Gasteiger partial charge is 0.207 e. The first-order valence-corrected chi connectivity index (χ1v) is 7.79.